The molecule has 1 saturated carbocycles. The van der Waals surface area contributed by atoms with E-state index in [4.69, 9.17) is 0 Å². The Morgan fingerprint density at radius 2 is 2.33 bits per heavy atom. The normalized spacial score (nSPS) is 54.8. The third-order valence-electron chi connectivity index (χ3n) is 2.65. The number of hydrogen-bond acceptors (Lipinski definition) is 1. The molecular weight excluding hydrogens is 127 g/mol. The largest absolute Gasteiger partial charge is 0.405 e. The van der Waals surface area contributed by atoms with E-state index in [0.29, 0.717) is 5.92 Å². The number of rotatable bonds is 0. The van der Waals surface area contributed by atoms with E-state index in [1.54, 1.807) is 0 Å². The van der Waals surface area contributed by atoms with E-state index in [-0.39, 0.29) is 4.46 Å². The first-order chi connectivity index (χ1) is 4.18. The smallest absolute Gasteiger partial charge is 0.264 e. The third kappa shape index (κ3) is 0.781. The van der Waals surface area contributed by atoms with Gasteiger partial charge in [-0.25, -0.2) is 0 Å². The van der Waals surface area contributed by atoms with E-state index < -0.39 is 0 Å². The summed E-state index contributed by atoms with van der Waals surface area (Å²) in [5.41, 5.74) is 0. The zero-order valence-corrected chi connectivity index (χ0v) is 7.67. The van der Waals surface area contributed by atoms with Gasteiger partial charge < -0.3 is 5.11 Å². The van der Waals surface area contributed by atoms with Crippen molar-refractivity contribution >= 4 is 16.3 Å². The molecule has 9 heavy (non-hydrogen) atoms. The fourth-order valence-corrected chi connectivity index (χ4v) is 3.02. The summed E-state index contributed by atoms with van der Waals surface area (Å²) in [4.78, 5) is 0. The second-order valence-corrected chi connectivity index (χ2v) is 5.28. The van der Waals surface area contributed by atoms with Gasteiger partial charge >= 0.3 is 0 Å². The molecule has 2 bridgehead atoms. The van der Waals surface area contributed by atoms with Crippen molar-refractivity contribution in [2.45, 2.75) is 17.3 Å². The van der Waals surface area contributed by atoms with E-state index in [2.05, 4.69) is 12.2 Å². The SMILES string of the molecule is O[C]1([AlH2])CC2C=CC1C2. The monoisotopic (exact) mass is 138 g/mol. The number of fused-ring (bicyclic) bond motifs is 2. The number of allylic oxidation sites excluding steroid dienone is 1. The van der Waals surface area contributed by atoms with Crippen LogP contribution in [0.2, 0.25) is 0 Å². The van der Waals surface area contributed by atoms with Gasteiger partial charge in [-0.3, -0.25) is 0 Å². The summed E-state index contributed by atoms with van der Waals surface area (Å²) in [5.74, 6) is 1.24. The Kier molecular flexibility index (Phi) is 1.09. The van der Waals surface area contributed by atoms with Crippen molar-refractivity contribution in [2.75, 3.05) is 0 Å². The molecule has 0 heterocycles. The predicted octanol–water partition coefficient (Wildman–Crippen LogP) is -0.0959. The van der Waals surface area contributed by atoms with Crippen molar-refractivity contribution in [2.24, 2.45) is 11.8 Å². The van der Waals surface area contributed by atoms with Crippen LogP contribution in [0, 0.1) is 11.8 Å². The van der Waals surface area contributed by atoms with Gasteiger partial charge in [-0.2, -0.15) is 0 Å². The Bertz CT molecular complexity index is 162. The van der Waals surface area contributed by atoms with Gasteiger partial charge in [-0.05, 0) is 24.7 Å². The topological polar surface area (TPSA) is 20.2 Å². The lowest BCUT2D eigenvalue weighted by Crippen LogP contribution is -2.33. The lowest BCUT2D eigenvalue weighted by Gasteiger charge is -2.24. The molecule has 0 radical (unpaired) electrons. The molecule has 3 unspecified atom stereocenters. The highest BCUT2D eigenvalue weighted by molar-refractivity contribution is 6.15. The maximum atomic E-state index is 9.70. The second kappa shape index (κ2) is 1.63. The average Bonchev–Trinajstić information content (AvgIpc) is 2.19. The summed E-state index contributed by atoms with van der Waals surface area (Å²) in [6, 6.07) is 0. The molecule has 1 N–H and O–H groups in total. The summed E-state index contributed by atoms with van der Waals surface area (Å²) < 4.78 is -0.237. The van der Waals surface area contributed by atoms with Crippen LogP contribution in [0.1, 0.15) is 12.8 Å². The van der Waals surface area contributed by atoms with Crippen molar-refractivity contribution < 1.29 is 5.11 Å². The summed E-state index contributed by atoms with van der Waals surface area (Å²) in [6.45, 7) is 0. The zero-order valence-electron chi connectivity index (χ0n) is 5.67. The molecule has 0 aromatic rings. The Hall–Kier alpha value is 0.232. The molecule has 0 saturated heterocycles. The molecule has 0 aromatic carbocycles. The Morgan fingerprint density at radius 1 is 1.56 bits per heavy atom. The van der Waals surface area contributed by atoms with Crippen LogP contribution in [0.4, 0.5) is 0 Å². The molecule has 0 aliphatic heterocycles. The fraction of sp³-hybridized carbons (Fsp3) is 0.714. The van der Waals surface area contributed by atoms with E-state index in [9.17, 15) is 5.11 Å². The molecule has 1 nitrogen and oxygen atoms in total. The zero-order chi connectivity index (χ0) is 6.48. The summed E-state index contributed by atoms with van der Waals surface area (Å²) in [5, 5.41) is 9.70. The van der Waals surface area contributed by atoms with Crippen molar-refractivity contribution in [3.8, 4) is 0 Å². The molecule has 2 aliphatic rings. The van der Waals surface area contributed by atoms with Crippen LogP contribution in [0.25, 0.3) is 0 Å². The summed E-state index contributed by atoms with van der Waals surface area (Å²) in [7, 11) is 0. The van der Waals surface area contributed by atoms with E-state index in [0.717, 1.165) is 28.6 Å². The molecule has 2 aliphatic carbocycles. The van der Waals surface area contributed by atoms with Crippen molar-refractivity contribution in [3.63, 3.8) is 0 Å². The maximum absolute atomic E-state index is 9.70. The molecule has 2 heteroatoms. The lowest BCUT2D eigenvalue weighted by molar-refractivity contribution is 0.101. The minimum Gasteiger partial charge on any atom is -0.405 e. The van der Waals surface area contributed by atoms with Crippen LogP contribution in [-0.4, -0.2) is 25.9 Å². The Balaban J connectivity index is 2.29. The van der Waals surface area contributed by atoms with Crippen LogP contribution in [0.15, 0.2) is 12.2 Å². The number of hydrogen-bond donors (Lipinski definition) is 1. The molecule has 0 spiro atoms. The second-order valence-electron chi connectivity index (χ2n) is 3.55. The molecule has 0 amide bonds. The van der Waals surface area contributed by atoms with Crippen LogP contribution < -0.4 is 0 Å². The molecule has 1 fully saturated rings. The fourth-order valence-electron chi connectivity index (χ4n) is 2.07. The summed E-state index contributed by atoms with van der Waals surface area (Å²) in [6.07, 6.45) is 6.72. The van der Waals surface area contributed by atoms with Crippen LogP contribution >= 0.6 is 0 Å². The van der Waals surface area contributed by atoms with Gasteiger partial charge in [-0.1, -0.05) is 12.2 Å². The molecule has 48 valence electrons. The minimum absolute atomic E-state index is 0.237. The average molecular weight is 138 g/mol. The van der Waals surface area contributed by atoms with Gasteiger partial charge in [0, 0.05) is 4.46 Å². The standard InChI is InChI=1S/C7H9O.Al.2H/c8-7-4-5-1-2-6(7)3-5;;;/h1-2,5-6,8H,3-4H2;;;. The maximum Gasteiger partial charge on any atom is 0.264 e. The number of aliphatic hydroxyl groups is 1. The third-order valence-corrected chi connectivity index (χ3v) is 3.80. The first kappa shape index (κ1) is 5.98. The van der Waals surface area contributed by atoms with Crippen LogP contribution in [0.5, 0.6) is 0 Å². The van der Waals surface area contributed by atoms with Gasteiger partial charge in [0.15, 0.2) is 0 Å². The minimum atomic E-state index is -0.237. The highest BCUT2D eigenvalue weighted by Crippen LogP contribution is 2.44. The van der Waals surface area contributed by atoms with Crippen molar-refractivity contribution in [1.82, 2.24) is 0 Å². The van der Waals surface area contributed by atoms with E-state index in [1.165, 1.54) is 6.42 Å². The van der Waals surface area contributed by atoms with Gasteiger partial charge in [-0.15, -0.1) is 0 Å². The molecule has 3 atom stereocenters. The Morgan fingerprint density at radius 3 is 2.56 bits per heavy atom. The van der Waals surface area contributed by atoms with Crippen LogP contribution in [-0.2, 0) is 0 Å². The molecular formula is C7H11AlO. The van der Waals surface area contributed by atoms with Gasteiger partial charge in [0.05, 0.1) is 0 Å². The van der Waals surface area contributed by atoms with Crippen molar-refractivity contribution in [1.29, 1.82) is 0 Å². The highest BCUT2D eigenvalue weighted by atomic mass is 27.0. The van der Waals surface area contributed by atoms with Gasteiger partial charge in [0.2, 0.25) is 0 Å². The van der Waals surface area contributed by atoms with Crippen molar-refractivity contribution in [3.05, 3.63) is 12.2 Å². The van der Waals surface area contributed by atoms with Crippen LogP contribution in [0.3, 0.4) is 0 Å². The highest BCUT2D eigenvalue weighted by Gasteiger charge is 2.42. The molecule has 0 aromatic heterocycles. The Labute approximate surface area is 63.2 Å². The predicted molar refractivity (Wildman–Crippen MR) is 38.8 cm³/mol. The van der Waals surface area contributed by atoms with E-state index in [1.807, 2.05) is 0 Å². The van der Waals surface area contributed by atoms with E-state index >= 15 is 0 Å². The molecule has 2 rings (SSSR count). The lowest BCUT2D eigenvalue weighted by atomic mass is 10.0. The van der Waals surface area contributed by atoms with Gasteiger partial charge in [0.25, 0.3) is 16.3 Å². The first-order valence-corrected chi connectivity index (χ1v) is 4.59. The first-order valence-electron chi connectivity index (χ1n) is 3.59. The summed E-state index contributed by atoms with van der Waals surface area (Å²) >= 11 is 0.940. The van der Waals surface area contributed by atoms with Gasteiger partial charge in [0.1, 0.15) is 0 Å². The quantitative estimate of drug-likeness (QED) is 0.366.